The van der Waals surface area contributed by atoms with Gasteiger partial charge in [-0.05, 0) is 41.8 Å². The third-order valence-corrected chi connectivity index (χ3v) is 3.43. The first-order valence-electron chi connectivity index (χ1n) is 5.83. The average molecular weight is 280 g/mol. The lowest BCUT2D eigenvalue weighted by Gasteiger charge is -2.09. The molecule has 18 heavy (non-hydrogen) atoms. The number of benzene rings is 2. The largest absolute Gasteiger partial charge is 0.381 e. The molecule has 1 N–H and O–H groups in total. The van der Waals surface area contributed by atoms with Crippen LogP contribution in [0.2, 0.25) is 5.02 Å². The summed E-state index contributed by atoms with van der Waals surface area (Å²) in [5.74, 6) is 0.529. The Kier molecular flexibility index (Phi) is 4.51. The normalized spacial score (nSPS) is 10.4. The molecule has 0 bridgehead atoms. The van der Waals surface area contributed by atoms with Crippen molar-refractivity contribution in [3.8, 4) is 0 Å². The van der Waals surface area contributed by atoms with Crippen LogP contribution < -0.4 is 5.32 Å². The van der Waals surface area contributed by atoms with E-state index in [0.717, 1.165) is 21.8 Å². The lowest BCUT2D eigenvalue weighted by Crippen LogP contribution is -2.00. The van der Waals surface area contributed by atoms with Crippen LogP contribution in [0.3, 0.4) is 0 Å². The number of halogens is 2. The minimum atomic E-state index is 0.529. The van der Waals surface area contributed by atoms with Gasteiger partial charge in [-0.3, -0.25) is 0 Å². The smallest absolute Gasteiger partial charge is 0.0474 e. The summed E-state index contributed by atoms with van der Waals surface area (Å²) >= 11 is 12.0. The van der Waals surface area contributed by atoms with Crippen LogP contribution in [-0.2, 0) is 12.4 Å². The van der Waals surface area contributed by atoms with Crippen LogP contribution in [0.1, 0.15) is 16.7 Å². The van der Waals surface area contributed by atoms with E-state index in [1.807, 2.05) is 31.2 Å². The molecule has 0 saturated heterocycles. The van der Waals surface area contributed by atoms with Crippen molar-refractivity contribution in [1.82, 2.24) is 0 Å². The van der Waals surface area contributed by atoms with E-state index in [9.17, 15) is 0 Å². The Labute approximate surface area is 118 Å². The molecule has 0 aliphatic rings. The maximum atomic E-state index is 6.19. The fraction of sp³-hybridized carbons (Fsp3) is 0.200. The van der Waals surface area contributed by atoms with Crippen LogP contribution in [0.4, 0.5) is 5.69 Å². The van der Waals surface area contributed by atoms with E-state index >= 15 is 0 Å². The summed E-state index contributed by atoms with van der Waals surface area (Å²) in [6.45, 7) is 2.75. The average Bonchev–Trinajstić information content (AvgIpc) is 2.38. The Morgan fingerprint density at radius 2 is 1.94 bits per heavy atom. The molecular weight excluding hydrogens is 265 g/mol. The van der Waals surface area contributed by atoms with Gasteiger partial charge in [0, 0.05) is 23.1 Å². The second kappa shape index (κ2) is 6.12. The summed E-state index contributed by atoms with van der Waals surface area (Å²) in [5, 5.41) is 4.15. The summed E-state index contributed by atoms with van der Waals surface area (Å²) < 4.78 is 0. The van der Waals surface area contributed by atoms with E-state index in [-0.39, 0.29) is 0 Å². The van der Waals surface area contributed by atoms with E-state index < -0.39 is 0 Å². The maximum Gasteiger partial charge on any atom is 0.0474 e. The molecule has 0 unspecified atom stereocenters. The first-order chi connectivity index (χ1) is 8.69. The minimum absolute atomic E-state index is 0.529. The van der Waals surface area contributed by atoms with Gasteiger partial charge in [0.2, 0.25) is 0 Å². The zero-order valence-electron chi connectivity index (χ0n) is 10.2. The van der Waals surface area contributed by atoms with Gasteiger partial charge < -0.3 is 5.32 Å². The standard InChI is InChI=1S/C15H15Cl2N/c1-11-5-6-13(15(17)7-11)10-18-14-4-2-3-12(8-14)9-16/h2-8,18H,9-10H2,1H3. The highest BCUT2D eigenvalue weighted by molar-refractivity contribution is 6.31. The van der Waals surface area contributed by atoms with Gasteiger partial charge in [0.1, 0.15) is 0 Å². The molecule has 0 saturated carbocycles. The zero-order valence-corrected chi connectivity index (χ0v) is 11.7. The van der Waals surface area contributed by atoms with Crippen molar-refractivity contribution in [2.45, 2.75) is 19.3 Å². The highest BCUT2D eigenvalue weighted by Crippen LogP contribution is 2.19. The lowest BCUT2D eigenvalue weighted by atomic mass is 10.1. The molecule has 0 aromatic heterocycles. The number of aryl methyl sites for hydroxylation is 1. The van der Waals surface area contributed by atoms with Gasteiger partial charge in [0.15, 0.2) is 0 Å². The van der Waals surface area contributed by atoms with Crippen LogP contribution in [-0.4, -0.2) is 0 Å². The van der Waals surface area contributed by atoms with Crippen molar-refractivity contribution in [3.63, 3.8) is 0 Å². The molecule has 3 heteroatoms. The molecule has 0 aliphatic carbocycles. The third-order valence-electron chi connectivity index (χ3n) is 2.77. The fourth-order valence-corrected chi connectivity index (χ4v) is 2.23. The maximum absolute atomic E-state index is 6.19. The second-order valence-corrected chi connectivity index (χ2v) is 4.96. The van der Waals surface area contributed by atoms with Gasteiger partial charge in [0.05, 0.1) is 0 Å². The summed E-state index contributed by atoms with van der Waals surface area (Å²) in [6, 6.07) is 14.2. The summed E-state index contributed by atoms with van der Waals surface area (Å²) in [7, 11) is 0. The van der Waals surface area contributed by atoms with Gasteiger partial charge in [-0.15, -0.1) is 11.6 Å². The molecule has 2 rings (SSSR count). The predicted octanol–water partition coefficient (Wildman–Crippen LogP) is 5.00. The van der Waals surface area contributed by atoms with Crippen LogP contribution in [0.5, 0.6) is 0 Å². The van der Waals surface area contributed by atoms with Gasteiger partial charge in [-0.1, -0.05) is 35.9 Å². The Bertz CT molecular complexity index is 538. The molecule has 0 atom stereocenters. The summed E-state index contributed by atoms with van der Waals surface area (Å²) in [4.78, 5) is 0. The fourth-order valence-electron chi connectivity index (χ4n) is 1.76. The lowest BCUT2D eigenvalue weighted by molar-refractivity contribution is 1.14. The monoisotopic (exact) mass is 279 g/mol. The van der Waals surface area contributed by atoms with Gasteiger partial charge in [-0.2, -0.15) is 0 Å². The van der Waals surface area contributed by atoms with E-state index in [0.29, 0.717) is 12.4 Å². The molecule has 0 fully saturated rings. The van der Waals surface area contributed by atoms with Crippen LogP contribution in [0, 0.1) is 6.92 Å². The van der Waals surface area contributed by atoms with Crippen molar-refractivity contribution >= 4 is 28.9 Å². The minimum Gasteiger partial charge on any atom is -0.381 e. The van der Waals surface area contributed by atoms with Crippen molar-refractivity contribution in [2.24, 2.45) is 0 Å². The van der Waals surface area contributed by atoms with Crippen molar-refractivity contribution in [1.29, 1.82) is 0 Å². The molecular formula is C15H15Cl2N. The summed E-state index contributed by atoms with van der Waals surface area (Å²) in [5.41, 5.74) is 4.44. The predicted molar refractivity (Wildman–Crippen MR) is 79.5 cm³/mol. The van der Waals surface area contributed by atoms with Crippen LogP contribution in [0.25, 0.3) is 0 Å². The SMILES string of the molecule is Cc1ccc(CNc2cccc(CCl)c2)c(Cl)c1. The first-order valence-corrected chi connectivity index (χ1v) is 6.74. The molecule has 0 amide bonds. The highest BCUT2D eigenvalue weighted by Gasteiger charge is 2.01. The number of hydrogen-bond acceptors (Lipinski definition) is 1. The van der Waals surface area contributed by atoms with Crippen LogP contribution >= 0.6 is 23.2 Å². The molecule has 94 valence electrons. The Balaban J connectivity index is 2.06. The van der Waals surface area contributed by atoms with E-state index in [1.54, 1.807) is 0 Å². The van der Waals surface area contributed by atoms with Gasteiger partial charge in [0.25, 0.3) is 0 Å². The number of hydrogen-bond donors (Lipinski definition) is 1. The Morgan fingerprint density at radius 1 is 1.11 bits per heavy atom. The number of nitrogens with one attached hydrogen (secondary N) is 1. The highest BCUT2D eigenvalue weighted by atomic mass is 35.5. The molecule has 0 radical (unpaired) electrons. The molecule has 2 aromatic carbocycles. The van der Waals surface area contributed by atoms with Gasteiger partial charge in [-0.25, -0.2) is 0 Å². The second-order valence-electron chi connectivity index (χ2n) is 4.28. The molecule has 0 aliphatic heterocycles. The molecule has 0 heterocycles. The van der Waals surface area contributed by atoms with E-state index in [1.165, 1.54) is 5.56 Å². The van der Waals surface area contributed by atoms with Crippen molar-refractivity contribution in [3.05, 3.63) is 64.2 Å². The molecule has 0 spiro atoms. The van der Waals surface area contributed by atoms with Crippen molar-refractivity contribution in [2.75, 3.05) is 5.32 Å². The van der Waals surface area contributed by atoms with E-state index in [2.05, 4.69) is 23.5 Å². The van der Waals surface area contributed by atoms with Crippen LogP contribution in [0.15, 0.2) is 42.5 Å². The van der Waals surface area contributed by atoms with Crippen molar-refractivity contribution < 1.29 is 0 Å². The first kappa shape index (κ1) is 13.3. The number of alkyl halides is 1. The Morgan fingerprint density at radius 3 is 2.67 bits per heavy atom. The number of anilines is 1. The topological polar surface area (TPSA) is 12.0 Å². The summed E-state index contributed by atoms with van der Waals surface area (Å²) in [6.07, 6.45) is 0. The third kappa shape index (κ3) is 3.41. The zero-order chi connectivity index (χ0) is 13.0. The molecule has 2 aromatic rings. The van der Waals surface area contributed by atoms with E-state index in [4.69, 9.17) is 23.2 Å². The van der Waals surface area contributed by atoms with Gasteiger partial charge >= 0.3 is 0 Å². The Hall–Kier alpha value is -1.18. The molecule has 1 nitrogen and oxygen atoms in total. The quantitative estimate of drug-likeness (QED) is 0.777. The number of rotatable bonds is 4.